The second-order valence-electron chi connectivity index (χ2n) is 7.72. The van der Waals surface area contributed by atoms with Crippen LogP contribution < -0.4 is 5.73 Å². The van der Waals surface area contributed by atoms with Gasteiger partial charge in [-0.25, -0.2) is 4.68 Å². The summed E-state index contributed by atoms with van der Waals surface area (Å²) in [5, 5.41) is 8.58. The summed E-state index contributed by atoms with van der Waals surface area (Å²) in [6, 6.07) is 10.7. The summed E-state index contributed by atoms with van der Waals surface area (Å²) in [6.45, 7) is 4.49. The summed E-state index contributed by atoms with van der Waals surface area (Å²) in [6.07, 6.45) is 6.87. The van der Waals surface area contributed by atoms with Gasteiger partial charge in [-0.2, -0.15) is 0 Å². The Bertz CT molecular complexity index is 685. The Labute approximate surface area is 155 Å². The highest BCUT2D eigenvalue weighted by atomic mass is 16.5. The molecule has 0 bridgehead atoms. The van der Waals surface area contributed by atoms with Crippen molar-refractivity contribution in [3.05, 3.63) is 47.8 Å². The summed E-state index contributed by atoms with van der Waals surface area (Å²) in [5.41, 5.74) is 8.52. The third-order valence-electron chi connectivity index (χ3n) is 5.29. The lowest BCUT2D eigenvalue weighted by atomic mass is 10.1. The number of benzene rings is 1. The summed E-state index contributed by atoms with van der Waals surface area (Å²) < 4.78 is 7.96. The number of hydrogen-bond donors (Lipinski definition) is 1. The van der Waals surface area contributed by atoms with E-state index in [9.17, 15) is 0 Å². The summed E-state index contributed by atoms with van der Waals surface area (Å²) >= 11 is 0. The van der Waals surface area contributed by atoms with Crippen LogP contribution >= 0.6 is 0 Å². The van der Waals surface area contributed by atoms with Crippen molar-refractivity contribution in [2.45, 2.75) is 50.9 Å². The zero-order chi connectivity index (χ0) is 17.8. The summed E-state index contributed by atoms with van der Waals surface area (Å²) in [4.78, 5) is 2.48. The molecule has 2 fully saturated rings. The van der Waals surface area contributed by atoms with E-state index in [-0.39, 0.29) is 12.1 Å². The molecule has 26 heavy (non-hydrogen) atoms. The van der Waals surface area contributed by atoms with Gasteiger partial charge in [-0.15, -0.1) is 5.10 Å². The zero-order valence-electron chi connectivity index (χ0n) is 15.3. The van der Waals surface area contributed by atoms with Crippen molar-refractivity contribution in [1.82, 2.24) is 19.9 Å². The molecule has 0 radical (unpaired) electrons. The SMILES string of the molecule is NC(CC1CC1)c1cn(CC2CN(Cc3ccccc3)CCCO2)nn1. The van der Waals surface area contributed by atoms with E-state index in [0.29, 0.717) is 0 Å². The number of aromatic nitrogens is 3. The van der Waals surface area contributed by atoms with Crippen LogP contribution in [0.3, 0.4) is 0 Å². The molecule has 2 heterocycles. The first-order chi connectivity index (χ1) is 12.8. The van der Waals surface area contributed by atoms with Gasteiger partial charge in [0.15, 0.2) is 0 Å². The van der Waals surface area contributed by atoms with Gasteiger partial charge in [0, 0.05) is 26.2 Å². The van der Waals surface area contributed by atoms with E-state index in [1.807, 2.05) is 10.9 Å². The van der Waals surface area contributed by atoms with E-state index >= 15 is 0 Å². The van der Waals surface area contributed by atoms with Crippen LogP contribution in [0.4, 0.5) is 0 Å². The average Bonchev–Trinajstić information content (AvgIpc) is 3.38. The van der Waals surface area contributed by atoms with Gasteiger partial charge in [0.1, 0.15) is 0 Å². The molecule has 2 N–H and O–H groups in total. The first-order valence-corrected chi connectivity index (χ1v) is 9.80. The third kappa shape index (κ3) is 4.90. The van der Waals surface area contributed by atoms with Crippen LogP contribution in [-0.2, 0) is 17.8 Å². The van der Waals surface area contributed by atoms with Crippen LogP contribution in [0.1, 0.15) is 43.0 Å². The Morgan fingerprint density at radius 1 is 1.23 bits per heavy atom. The first kappa shape index (κ1) is 17.6. The van der Waals surface area contributed by atoms with Crippen LogP contribution in [0.5, 0.6) is 0 Å². The second-order valence-corrected chi connectivity index (χ2v) is 7.72. The number of nitrogens with two attached hydrogens (primary N) is 1. The highest BCUT2D eigenvalue weighted by Gasteiger charge is 2.26. The molecule has 1 aromatic carbocycles. The van der Waals surface area contributed by atoms with Crippen molar-refractivity contribution >= 4 is 0 Å². The van der Waals surface area contributed by atoms with Crippen LogP contribution in [-0.4, -0.2) is 45.7 Å². The van der Waals surface area contributed by atoms with Gasteiger partial charge in [-0.1, -0.05) is 48.4 Å². The molecule has 2 aromatic rings. The molecule has 1 aromatic heterocycles. The molecule has 2 atom stereocenters. The first-order valence-electron chi connectivity index (χ1n) is 9.80. The Balaban J connectivity index is 1.33. The van der Waals surface area contributed by atoms with Crippen LogP contribution in [0, 0.1) is 5.92 Å². The van der Waals surface area contributed by atoms with E-state index in [4.69, 9.17) is 10.5 Å². The molecule has 1 saturated carbocycles. The number of nitrogens with zero attached hydrogens (tertiary/aromatic N) is 4. The third-order valence-corrected chi connectivity index (χ3v) is 5.29. The van der Waals surface area contributed by atoms with Crippen LogP contribution in [0.15, 0.2) is 36.5 Å². The molecule has 2 unspecified atom stereocenters. The van der Waals surface area contributed by atoms with E-state index in [0.717, 1.165) is 57.2 Å². The highest BCUT2D eigenvalue weighted by Crippen LogP contribution is 2.36. The van der Waals surface area contributed by atoms with Gasteiger partial charge in [-0.3, -0.25) is 4.90 Å². The number of ether oxygens (including phenoxy) is 1. The fraction of sp³-hybridized carbons (Fsp3) is 0.600. The number of hydrogen-bond acceptors (Lipinski definition) is 5. The molecule has 4 rings (SSSR count). The molecule has 1 saturated heterocycles. The lowest BCUT2D eigenvalue weighted by molar-refractivity contribution is 0.0387. The topological polar surface area (TPSA) is 69.2 Å². The standard InChI is InChI=1S/C20H29N5O/c21-19(11-16-7-8-16)20-15-25(23-22-20)14-18-13-24(9-4-10-26-18)12-17-5-2-1-3-6-17/h1-3,5-6,15-16,18-19H,4,7-14,21H2. The summed E-state index contributed by atoms with van der Waals surface area (Å²) in [5.74, 6) is 0.798. The predicted molar refractivity (Wildman–Crippen MR) is 100 cm³/mol. The average molecular weight is 355 g/mol. The van der Waals surface area contributed by atoms with Crippen LogP contribution in [0.25, 0.3) is 0 Å². The lowest BCUT2D eigenvalue weighted by Gasteiger charge is -2.23. The van der Waals surface area contributed by atoms with Gasteiger partial charge < -0.3 is 10.5 Å². The molecular weight excluding hydrogens is 326 g/mol. The lowest BCUT2D eigenvalue weighted by Crippen LogP contribution is -2.34. The summed E-state index contributed by atoms with van der Waals surface area (Å²) in [7, 11) is 0. The van der Waals surface area contributed by atoms with Crippen molar-refractivity contribution in [3.8, 4) is 0 Å². The monoisotopic (exact) mass is 355 g/mol. The van der Waals surface area contributed by atoms with Crippen molar-refractivity contribution in [2.24, 2.45) is 11.7 Å². The van der Waals surface area contributed by atoms with Crippen molar-refractivity contribution in [1.29, 1.82) is 0 Å². The molecule has 0 amide bonds. The maximum Gasteiger partial charge on any atom is 0.0994 e. The maximum absolute atomic E-state index is 6.26. The molecule has 1 aliphatic heterocycles. The normalized spacial score (nSPS) is 22.9. The van der Waals surface area contributed by atoms with Crippen LogP contribution in [0.2, 0.25) is 0 Å². The highest BCUT2D eigenvalue weighted by molar-refractivity contribution is 5.14. The van der Waals surface area contributed by atoms with Gasteiger partial charge in [-0.05, 0) is 24.3 Å². The zero-order valence-corrected chi connectivity index (χ0v) is 15.3. The van der Waals surface area contributed by atoms with E-state index in [2.05, 4.69) is 45.5 Å². The maximum atomic E-state index is 6.26. The van der Waals surface area contributed by atoms with E-state index in [1.54, 1.807) is 0 Å². The Kier molecular flexibility index (Phi) is 5.62. The molecule has 140 valence electrons. The fourth-order valence-electron chi connectivity index (χ4n) is 3.68. The molecule has 1 aliphatic carbocycles. The Hall–Kier alpha value is -1.76. The Morgan fingerprint density at radius 2 is 2.08 bits per heavy atom. The predicted octanol–water partition coefficient (Wildman–Crippen LogP) is 2.37. The van der Waals surface area contributed by atoms with Gasteiger partial charge in [0.05, 0.1) is 30.6 Å². The number of rotatable bonds is 7. The molecule has 6 nitrogen and oxygen atoms in total. The second kappa shape index (κ2) is 8.29. The van der Waals surface area contributed by atoms with E-state index < -0.39 is 0 Å². The van der Waals surface area contributed by atoms with E-state index in [1.165, 1.54) is 18.4 Å². The molecule has 6 heteroatoms. The largest absolute Gasteiger partial charge is 0.375 e. The van der Waals surface area contributed by atoms with Crippen molar-refractivity contribution < 1.29 is 4.74 Å². The smallest absolute Gasteiger partial charge is 0.0994 e. The van der Waals surface area contributed by atoms with Crippen molar-refractivity contribution in [2.75, 3.05) is 19.7 Å². The molecule has 0 spiro atoms. The van der Waals surface area contributed by atoms with Gasteiger partial charge >= 0.3 is 0 Å². The van der Waals surface area contributed by atoms with Gasteiger partial charge in [0.2, 0.25) is 0 Å². The minimum atomic E-state index is 0.0147. The Morgan fingerprint density at radius 3 is 2.88 bits per heavy atom. The van der Waals surface area contributed by atoms with Crippen molar-refractivity contribution in [3.63, 3.8) is 0 Å². The van der Waals surface area contributed by atoms with Gasteiger partial charge in [0.25, 0.3) is 0 Å². The minimum absolute atomic E-state index is 0.0147. The minimum Gasteiger partial charge on any atom is -0.375 e. The molecule has 2 aliphatic rings. The quantitative estimate of drug-likeness (QED) is 0.826. The fourth-order valence-corrected chi connectivity index (χ4v) is 3.68. The molecular formula is C20H29N5O.